The lowest BCUT2D eigenvalue weighted by atomic mass is 10.0. The molecular weight excluding hydrogens is 152 g/mol. The minimum absolute atomic E-state index is 0.254. The number of aliphatic hydroxyl groups excluding tert-OH is 1. The van der Waals surface area contributed by atoms with E-state index in [9.17, 15) is 0 Å². The SMILES string of the molecule is Cc1cccc(C(N)(N)CO)c1. The first-order chi connectivity index (χ1) is 5.56. The van der Waals surface area contributed by atoms with Crippen LogP contribution in [0.25, 0.3) is 0 Å². The molecule has 5 N–H and O–H groups in total. The highest BCUT2D eigenvalue weighted by Crippen LogP contribution is 2.12. The van der Waals surface area contributed by atoms with Crippen LogP contribution in [0.4, 0.5) is 0 Å². The number of nitrogens with two attached hydrogens (primary N) is 2. The molecule has 0 bridgehead atoms. The summed E-state index contributed by atoms with van der Waals surface area (Å²) in [7, 11) is 0. The van der Waals surface area contributed by atoms with Crippen molar-refractivity contribution in [2.75, 3.05) is 6.61 Å². The van der Waals surface area contributed by atoms with Gasteiger partial charge in [-0.05, 0) is 12.5 Å². The van der Waals surface area contributed by atoms with Crippen molar-refractivity contribution in [1.82, 2.24) is 0 Å². The molecule has 1 aromatic carbocycles. The summed E-state index contributed by atoms with van der Waals surface area (Å²) in [6.45, 7) is 1.70. The van der Waals surface area contributed by atoms with Crippen molar-refractivity contribution in [1.29, 1.82) is 0 Å². The normalized spacial score (nSPS) is 11.7. The second-order valence-corrected chi connectivity index (χ2v) is 3.07. The Morgan fingerprint density at radius 2 is 2.08 bits per heavy atom. The van der Waals surface area contributed by atoms with E-state index in [0.29, 0.717) is 0 Å². The van der Waals surface area contributed by atoms with Crippen LogP contribution in [-0.2, 0) is 5.66 Å². The highest BCUT2D eigenvalue weighted by atomic mass is 16.3. The summed E-state index contributed by atoms with van der Waals surface area (Å²) in [5, 5.41) is 8.89. The molecule has 3 nitrogen and oxygen atoms in total. The molecule has 0 aliphatic rings. The zero-order chi connectivity index (χ0) is 9.19. The maximum Gasteiger partial charge on any atom is 0.114 e. The number of rotatable bonds is 2. The van der Waals surface area contributed by atoms with E-state index in [-0.39, 0.29) is 6.61 Å². The van der Waals surface area contributed by atoms with Crippen LogP contribution in [0, 0.1) is 6.92 Å². The molecule has 1 aromatic rings. The summed E-state index contributed by atoms with van der Waals surface area (Å²) >= 11 is 0. The molecule has 0 aliphatic carbocycles. The predicted molar refractivity (Wildman–Crippen MR) is 48.3 cm³/mol. The van der Waals surface area contributed by atoms with Gasteiger partial charge in [-0.25, -0.2) is 0 Å². The third-order valence-corrected chi connectivity index (χ3v) is 1.82. The van der Waals surface area contributed by atoms with Crippen LogP contribution in [0.3, 0.4) is 0 Å². The standard InChI is InChI=1S/C9H14N2O/c1-7-3-2-4-8(5-7)9(10,11)6-12/h2-5,12H,6,10-11H2,1H3. The van der Waals surface area contributed by atoms with E-state index in [1.54, 1.807) is 0 Å². The minimum Gasteiger partial charge on any atom is -0.393 e. The van der Waals surface area contributed by atoms with Crippen molar-refractivity contribution >= 4 is 0 Å². The van der Waals surface area contributed by atoms with Gasteiger partial charge in [-0.2, -0.15) is 0 Å². The maximum absolute atomic E-state index is 8.89. The van der Waals surface area contributed by atoms with E-state index in [4.69, 9.17) is 16.6 Å². The molecular formula is C9H14N2O. The van der Waals surface area contributed by atoms with E-state index in [0.717, 1.165) is 11.1 Å². The van der Waals surface area contributed by atoms with Gasteiger partial charge >= 0.3 is 0 Å². The Morgan fingerprint density at radius 1 is 1.42 bits per heavy atom. The number of aliphatic hydroxyl groups is 1. The molecule has 0 unspecified atom stereocenters. The second kappa shape index (κ2) is 3.23. The van der Waals surface area contributed by atoms with Crippen LogP contribution in [0.2, 0.25) is 0 Å². The van der Waals surface area contributed by atoms with E-state index in [1.165, 1.54) is 0 Å². The second-order valence-electron chi connectivity index (χ2n) is 3.07. The van der Waals surface area contributed by atoms with Gasteiger partial charge in [-0.15, -0.1) is 0 Å². The zero-order valence-electron chi connectivity index (χ0n) is 7.12. The van der Waals surface area contributed by atoms with Crippen molar-refractivity contribution in [2.45, 2.75) is 12.6 Å². The van der Waals surface area contributed by atoms with Gasteiger partial charge in [-0.3, -0.25) is 0 Å². The average molecular weight is 166 g/mol. The fourth-order valence-corrected chi connectivity index (χ4v) is 1.03. The third-order valence-electron chi connectivity index (χ3n) is 1.82. The van der Waals surface area contributed by atoms with Gasteiger partial charge in [0.1, 0.15) is 5.66 Å². The lowest BCUT2D eigenvalue weighted by Gasteiger charge is -2.22. The molecule has 0 amide bonds. The summed E-state index contributed by atoms with van der Waals surface area (Å²) in [5.41, 5.74) is 12.0. The highest BCUT2D eigenvalue weighted by Gasteiger charge is 2.19. The molecule has 0 saturated heterocycles. The molecule has 0 spiro atoms. The average Bonchev–Trinajstić information content (AvgIpc) is 2.05. The summed E-state index contributed by atoms with van der Waals surface area (Å²) in [6.07, 6.45) is 0. The molecule has 0 heterocycles. The Bertz CT molecular complexity index is 271. The Balaban J connectivity index is 3.03. The smallest absolute Gasteiger partial charge is 0.114 e. The van der Waals surface area contributed by atoms with Gasteiger partial charge in [0.05, 0.1) is 6.61 Å². The highest BCUT2D eigenvalue weighted by molar-refractivity contribution is 5.27. The van der Waals surface area contributed by atoms with Crippen LogP contribution < -0.4 is 11.5 Å². The van der Waals surface area contributed by atoms with Gasteiger partial charge in [0.15, 0.2) is 0 Å². The monoisotopic (exact) mass is 166 g/mol. The first kappa shape index (κ1) is 9.19. The number of hydrogen-bond acceptors (Lipinski definition) is 3. The molecule has 0 saturated carbocycles. The number of benzene rings is 1. The van der Waals surface area contributed by atoms with Gasteiger partial charge in [-0.1, -0.05) is 29.8 Å². The van der Waals surface area contributed by atoms with E-state index < -0.39 is 5.66 Å². The van der Waals surface area contributed by atoms with Crippen LogP contribution in [0.15, 0.2) is 24.3 Å². The predicted octanol–water partition coefficient (Wildman–Crippen LogP) is 0.0575. The number of aryl methyl sites for hydroxylation is 1. The van der Waals surface area contributed by atoms with Crippen molar-refractivity contribution in [3.63, 3.8) is 0 Å². The quantitative estimate of drug-likeness (QED) is 0.544. The maximum atomic E-state index is 8.89. The van der Waals surface area contributed by atoms with Crippen molar-refractivity contribution < 1.29 is 5.11 Å². The van der Waals surface area contributed by atoms with E-state index in [1.807, 2.05) is 31.2 Å². The van der Waals surface area contributed by atoms with Crippen molar-refractivity contribution in [2.24, 2.45) is 11.5 Å². The van der Waals surface area contributed by atoms with Gasteiger partial charge in [0, 0.05) is 0 Å². The van der Waals surface area contributed by atoms with Crippen molar-refractivity contribution in [3.05, 3.63) is 35.4 Å². The lowest BCUT2D eigenvalue weighted by Crippen LogP contribution is -2.49. The Hall–Kier alpha value is -0.900. The first-order valence-corrected chi connectivity index (χ1v) is 3.82. The lowest BCUT2D eigenvalue weighted by molar-refractivity contribution is 0.201. The Kier molecular flexibility index (Phi) is 2.47. The van der Waals surface area contributed by atoms with Crippen LogP contribution in [-0.4, -0.2) is 11.7 Å². The van der Waals surface area contributed by atoms with Crippen LogP contribution >= 0.6 is 0 Å². The zero-order valence-corrected chi connectivity index (χ0v) is 7.12. The molecule has 0 atom stereocenters. The molecule has 12 heavy (non-hydrogen) atoms. The van der Waals surface area contributed by atoms with Crippen LogP contribution in [0.5, 0.6) is 0 Å². The van der Waals surface area contributed by atoms with Crippen molar-refractivity contribution in [3.8, 4) is 0 Å². The Labute approximate surface area is 72.0 Å². The fraction of sp³-hybridized carbons (Fsp3) is 0.333. The van der Waals surface area contributed by atoms with E-state index >= 15 is 0 Å². The minimum atomic E-state index is -1.12. The van der Waals surface area contributed by atoms with Gasteiger partial charge in [0.25, 0.3) is 0 Å². The molecule has 0 fully saturated rings. The molecule has 0 radical (unpaired) electrons. The summed E-state index contributed by atoms with van der Waals surface area (Å²) in [5.74, 6) is 0. The summed E-state index contributed by atoms with van der Waals surface area (Å²) in [6, 6.07) is 7.51. The molecule has 0 aromatic heterocycles. The first-order valence-electron chi connectivity index (χ1n) is 3.82. The molecule has 1 rings (SSSR count). The molecule has 3 heteroatoms. The fourth-order valence-electron chi connectivity index (χ4n) is 1.03. The van der Waals surface area contributed by atoms with Gasteiger partial charge in [0.2, 0.25) is 0 Å². The Morgan fingerprint density at radius 3 is 2.58 bits per heavy atom. The largest absolute Gasteiger partial charge is 0.393 e. The summed E-state index contributed by atoms with van der Waals surface area (Å²) < 4.78 is 0. The third kappa shape index (κ3) is 1.82. The van der Waals surface area contributed by atoms with E-state index in [2.05, 4.69) is 0 Å². The van der Waals surface area contributed by atoms with Crippen LogP contribution in [0.1, 0.15) is 11.1 Å². The molecule has 0 aliphatic heterocycles. The summed E-state index contributed by atoms with van der Waals surface area (Å²) in [4.78, 5) is 0. The number of hydrogen-bond donors (Lipinski definition) is 3. The topological polar surface area (TPSA) is 72.3 Å². The van der Waals surface area contributed by atoms with Gasteiger partial charge < -0.3 is 16.6 Å². The molecule has 66 valence electrons.